The summed E-state index contributed by atoms with van der Waals surface area (Å²) >= 11 is 0. The molecule has 0 atom stereocenters. The molecule has 0 aliphatic carbocycles. The van der Waals surface area contributed by atoms with Crippen LogP contribution in [0.5, 0.6) is 0 Å². The summed E-state index contributed by atoms with van der Waals surface area (Å²) in [4.78, 5) is 0. The van der Waals surface area contributed by atoms with Gasteiger partial charge in [0.05, 0.1) is 0 Å². The molecule has 0 aromatic heterocycles. The van der Waals surface area contributed by atoms with Crippen molar-refractivity contribution in [3.05, 3.63) is 6.57 Å². The van der Waals surface area contributed by atoms with E-state index < -0.39 is 0 Å². The van der Waals surface area contributed by atoms with Crippen molar-refractivity contribution < 1.29 is 22.4 Å². The molecule has 3 heteroatoms. The molecule has 0 aliphatic heterocycles. The predicted molar refractivity (Wildman–Crippen MR) is 9.99 cm³/mol. The fourth-order valence-electron chi connectivity index (χ4n) is 0. The maximum absolute atomic E-state index is 6.25. The van der Waals surface area contributed by atoms with Crippen LogP contribution in [0.25, 0.3) is 0 Å². The van der Waals surface area contributed by atoms with Crippen LogP contribution in [0.15, 0.2) is 0 Å². The number of hydrogen-bond acceptors (Lipinski definition) is 2. The Morgan fingerprint density at radius 3 is 1.25 bits per heavy atom. The third-order valence-electron chi connectivity index (χ3n) is 0. The van der Waals surface area contributed by atoms with Gasteiger partial charge in [-0.3, -0.25) is 0 Å². The molecule has 0 fully saturated rings. The number of hydrogen-bond donors (Lipinski definition) is 1. The third kappa shape index (κ3) is 85.7. The van der Waals surface area contributed by atoms with Crippen LogP contribution in [0.2, 0.25) is 0 Å². The first-order valence-electron chi connectivity index (χ1n) is 0.224. The minimum Gasteiger partial charge on any atom is -0.512 e. The molecule has 0 aliphatic rings. The zero-order chi connectivity index (χ0) is 2.00. The maximum Gasteiger partial charge on any atom is 1.00 e. The zero-order valence-corrected chi connectivity index (χ0v) is 3.44. The average Bonchev–Trinajstić information content (AvgIpc) is 1.00. The van der Waals surface area contributed by atoms with E-state index in [1.165, 1.54) is 0 Å². The van der Waals surface area contributed by atoms with Crippen LogP contribution >= 0.6 is 0 Å². The maximum atomic E-state index is 6.25. The Balaban J connectivity index is -0.00000000500. The standard InChI is InChI=1S/CN.Ag.H3N/c1-2;;/h;;1H3/q-1;+1;. The van der Waals surface area contributed by atoms with Crippen LogP contribution in [0.1, 0.15) is 0 Å². The van der Waals surface area contributed by atoms with Gasteiger partial charge in [0.15, 0.2) is 0 Å². The minimum atomic E-state index is 0. The summed E-state index contributed by atoms with van der Waals surface area (Å²) in [7, 11) is 0. The van der Waals surface area contributed by atoms with Crippen LogP contribution in [-0.4, -0.2) is 0 Å². The summed E-state index contributed by atoms with van der Waals surface area (Å²) in [5, 5.41) is 6.25. The second-order valence-electron chi connectivity index (χ2n) is 0. The van der Waals surface area contributed by atoms with E-state index in [0.717, 1.165) is 0 Å². The Kier molecular flexibility index (Phi) is 3180. The molecule has 28 valence electrons. The van der Waals surface area contributed by atoms with Gasteiger partial charge < -0.3 is 18.0 Å². The molecular formula is CH3AgN2. The molecule has 0 unspecified atom stereocenters. The second-order valence-corrected chi connectivity index (χ2v) is 0. The van der Waals surface area contributed by atoms with E-state index in [4.69, 9.17) is 11.8 Å². The van der Waals surface area contributed by atoms with Gasteiger partial charge in [0.1, 0.15) is 0 Å². The Hall–Kier alpha value is 0.190. The third-order valence-corrected chi connectivity index (χ3v) is 0. The topological polar surface area (TPSA) is 58.8 Å². The van der Waals surface area contributed by atoms with Crippen molar-refractivity contribution in [1.82, 2.24) is 6.15 Å². The van der Waals surface area contributed by atoms with Gasteiger partial charge in [-0.1, -0.05) is 0 Å². The van der Waals surface area contributed by atoms with Gasteiger partial charge in [-0.05, 0) is 0 Å². The van der Waals surface area contributed by atoms with Crippen molar-refractivity contribution in [2.24, 2.45) is 0 Å². The molecule has 0 heterocycles. The van der Waals surface area contributed by atoms with E-state index >= 15 is 0 Å². The summed E-state index contributed by atoms with van der Waals surface area (Å²) in [6, 6.07) is 0. The minimum absolute atomic E-state index is 0. The molecule has 0 spiro atoms. The average molecular weight is 151 g/mol. The molecule has 0 aromatic rings. The summed E-state index contributed by atoms with van der Waals surface area (Å²) < 4.78 is 0. The van der Waals surface area contributed by atoms with Crippen molar-refractivity contribution in [3.63, 3.8) is 0 Å². The summed E-state index contributed by atoms with van der Waals surface area (Å²) in [6.07, 6.45) is 0. The largest absolute Gasteiger partial charge is 1.00 e. The molecule has 0 radical (unpaired) electrons. The van der Waals surface area contributed by atoms with Crippen molar-refractivity contribution in [1.29, 1.82) is 5.26 Å². The van der Waals surface area contributed by atoms with Crippen molar-refractivity contribution in [3.8, 4) is 0 Å². The fourth-order valence-corrected chi connectivity index (χ4v) is 0. The Labute approximate surface area is 40.9 Å². The van der Waals surface area contributed by atoms with E-state index in [9.17, 15) is 0 Å². The van der Waals surface area contributed by atoms with Gasteiger partial charge in [-0.25, -0.2) is 0 Å². The van der Waals surface area contributed by atoms with Crippen LogP contribution in [0, 0.1) is 11.8 Å². The van der Waals surface area contributed by atoms with Crippen LogP contribution < -0.4 is 6.15 Å². The van der Waals surface area contributed by atoms with Crippen LogP contribution in [0.4, 0.5) is 0 Å². The Morgan fingerprint density at radius 1 is 1.25 bits per heavy atom. The Morgan fingerprint density at radius 2 is 1.25 bits per heavy atom. The summed E-state index contributed by atoms with van der Waals surface area (Å²) in [5.74, 6) is 0. The molecule has 2 nitrogen and oxygen atoms in total. The van der Waals surface area contributed by atoms with E-state index in [0.29, 0.717) is 0 Å². The van der Waals surface area contributed by atoms with Crippen molar-refractivity contribution >= 4 is 0 Å². The van der Waals surface area contributed by atoms with Gasteiger partial charge in [0, 0.05) is 0 Å². The van der Waals surface area contributed by atoms with Crippen molar-refractivity contribution in [2.75, 3.05) is 0 Å². The van der Waals surface area contributed by atoms with E-state index in [1.54, 1.807) is 0 Å². The molecular weight excluding hydrogens is 148 g/mol. The monoisotopic (exact) mass is 150 g/mol. The number of nitrogens with zero attached hydrogens (tertiary/aromatic N) is 1. The van der Waals surface area contributed by atoms with Crippen molar-refractivity contribution in [2.45, 2.75) is 0 Å². The first kappa shape index (κ1) is 30.1. The van der Waals surface area contributed by atoms with E-state index in [-0.39, 0.29) is 28.5 Å². The molecule has 0 aromatic carbocycles. The molecule has 0 amide bonds. The summed E-state index contributed by atoms with van der Waals surface area (Å²) in [5.41, 5.74) is 0. The van der Waals surface area contributed by atoms with Gasteiger partial charge >= 0.3 is 22.4 Å². The van der Waals surface area contributed by atoms with Crippen LogP contribution in [0.3, 0.4) is 0 Å². The fraction of sp³-hybridized carbons (Fsp3) is 0. The molecule has 3 N–H and O–H groups in total. The first-order chi connectivity index (χ1) is 1.00. The quantitative estimate of drug-likeness (QED) is 0.398. The molecule has 0 saturated heterocycles. The first-order valence-corrected chi connectivity index (χ1v) is 0.224. The number of rotatable bonds is 0. The van der Waals surface area contributed by atoms with Gasteiger partial charge in [0.25, 0.3) is 0 Å². The van der Waals surface area contributed by atoms with E-state index in [2.05, 4.69) is 0 Å². The molecule has 4 heavy (non-hydrogen) atoms. The molecule has 0 rings (SSSR count). The smallest absolute Gasteiger partial charge is 0.512 e. The predicted octanol–water partition coefficient (Wildman–Crippen LogP) is 0.256. The van der Waals surface area contributed by atoms with Gasteiger partial charge in [0.2, 0.25) is 0 Å². The summed E-state index contributed by atoms with van der Waals surface area (Å²) in [6.45, 7) is 4.75. The zero-order valence-electron chi connectivity index (χ0n) is 1.96. The van der Waals surface area contributed by atoms with E-state index in [1.807, 2.05) is 0 Å². The van der Waals surface area contributed by atoms with Crippen LogP contribution in [-0.2, 0) is 22.4 Å². The van der Waals surface area contributed by atoms with Gasteiger partial charge in [-0.15, -0.1) is 0 Å². The normalized spacial score (nSPS) is 0.500. The van der Waals surface area contributed by atoms with Gasteiger partial charge in [-0.2, -0.15) is 0 Å². The second kappa shape index (κ2) is 423. The molecule has 0 saturated carbocycles. The Bertz CT molecular complexity index is 10.8. The SMILES string of the molecule is N.[Ag+].[C-]#N. The molecule has 0 bridgehead atoms.